The van der Waals surface area contributed by atoms with E-state index < -0.39 is 12.0 Å². The Morgan fingerprint density at radius 1 is 1.43 bits per heavy atom. The third-order valence-corrected chi connectivity index (χ3v) is 1.44. The minimum absolute atomic E-state index is 0.0577. The maximum Gasteiger partial charge on any atom is 0.454 e. The van der Waals surface area contributed by atoms with Gasteiger partial charge in [-0.2, -0.15) is 13.2 Å². The smallest absolute Gasteiger partial charge is 0.454 e. The maximum absolute atomic E-state index is 11.8. The third kappa shape index (κ3) is 4.89. The van der Waals surface area contributed by atoms with Crippen LogP contribution in [0.3, 0.4) is 0 Å². The van der Waals surface area contributed by atoms with E-state index in [-0.39, 0.29) is 11.7 Å². The quantitative estimate of drug-likeness (QED) is 0.526. The minimum atomic E-state index is -4.82. The average molecular weight is 210 g/mol. The number of hydrogen-bond donors (Lipinski definition) is 0. The van der Waals surface area contributed by atoms with Crippen LogP contribution in [0.1, 0.15) is 20.3 Å². The molecule has 0 aliphatic rings. The van der Waals surface area contributed by atoms with Gasteiger partial charge in [-0.05, 0) is 5.92 Å². The standard InChI is InChI=1S/C9H13F3O2/c1-6(2)4-7(14-3)5-8(13)9(10,11)12/h5-6H,4H2,1-3H3/b7-5+. The molecule has 0 aromatic rings. The van der Waals surface area contributed by atoms with Gasteiger partial charge in [0.25, 0.3) is 5.78 Å². The Hall–Kier alpha value is -1.00. The van der Waals surface area contributed by atoms with E-state index in [1.54, 1.807) is 0 Å². The van der Waals surface area contributed by atoms with Crippen molar-refractivity contribution in [2.24, 2.45) is 5.92 Å². The second-order valence-electron chi connectivity index (χ2n) is 3.27. The topological polar surface area (TPSA) is 26.3 Å². The van der Waals surface area contributed by atoms with Gasteiger partial charge >= 0.3 is 6.18 Å². The van der Waals surface area contributed by atoms with Crippen molar-refractivity contribution in [2.75, 3.05) is 7.11 Å². The highest BCUT2D eigenvalue weighted by Gasteiger charge is 2.36. The summed E-state index contributed by atoms with van der Waals surface area (Å²) in [5.41, 5.74) is 0. The van der Waals surface area contributed by atoms with Gasteiger partial charge in [-0.3, -0.25) is 4.79 Å². The lowest BCUT2D eigenvalue weighted by Gasteiger charge is -2.09. The fraction of sp³-hybridized carbons (Fsp3) is 0.667. The van der Waals surface area contributed by atoms with Crippen molar-refractivity contribution < 1.29 is 22.7 Å². The van der Waals surface area contributed by atoms with E-state index in [9.17, 15) is 18.0 Å². The van der Waals surface area contributed by atoms with Crippen LogP contribution in [0.5, 0.6) is 0 Å². The van der Waals surface area contributed by atoms with Gasteiger partial charge in [0.2, 0.25) is 0 Å². The molecular weight excluding hydrogens is 197 g/mol. The highest BCUT2D eigenvalue weighted by molar-refractivity contribution is 5.94. The molecule has 0 N–H and O–H groups in total. The molecular formula is C9H13F3O2. The van der Waals surface area contributed by atoms with E-state index in [4.69, 9.17) is 0 Å². The first-order valence-corrected chi connectivity index (χ1v) is 4.13. The summed E-state index contributed by atoms with van der Waals surface area (Å²) in [7, 11) is 1.25. The first-order chi connectivity index (χ1) is 6.27. The number of carbonyl (C=O) groups excluding carboxylic acids is 1. The monoisotopic (exact) mass is 210 g/mol. The normalized spacial score (nSPS) is 13.2. The lowest BCUT2D eigenvalue weighted by Crippen LogP contribution is -2.21. The van der Waals surface area contributed by atoms with Crippen LogP contribution in [0.15, 0.2) is 11.8 Å². The van der Waals surface area contributed by atoms with Crippen molar-refractivity contribution in [2.45, 2.75) is 26.4 Å². The maximum atomic E-state index is 11.8. The Bertz CT molecular complexity index is 229. The fourth-order valence-electron chi connectivity index (χ4n) is 0.832. The molecule has 0 radical (unpaired) electrons. The second kappa shape index (κ2) is 5.02. The van der Waals surface area contributed by atoms with E-state index in [0.29, 0.717) is 12.5 Å². The number of rotatable bonds is 4. The van der Waals surface area contributed by atoms with Crippen molar-refractivity contribution in [3.8, 4) is 0 Å². The molecule has 0 aromatic heterocycles. The van der Waals surface area contributed by atoms with Gasteiger partial charge in [0, 0.05) is 12.5 Å². The molecule has 82 valence electrons. The molecule has 5 heteroatoms. The number of hydrogen-bond acceptors (Lipinski definition) is 2. The van der Waals surface area contributed by atoms with Gasteiger partial charge in [0.15, 0.2) is 0 Å². The van der Waals surface area contributed by atoms with Gasteiger partial charge in [-0.1, -0.05) is 13.8 Å². The van der Waals surface area contributed by atoms with Gasteiger partial charge in [-0.15, -0.1) is 0 Å². The largest absolute Gasteiger partial charge is 0.501 e. The van der Waals surface area contributed by atoms with Crippen molar-refractivity contribution in [3.63, 3.8) is 0 Å². The van der Waals surface area contributed by atoms with Crippen molar-refractivity contribution >= 4 is 5.78 Å². The summed E-state index contributed by atoms with van der Waals surface area (Å²) in [5, 5.41) is 0. The van der Waals surface area contributed by atoms with Crippen LogP contribution in [0.4, 0.5) is 13.2 Å². The third-order valence-electron chi connectivity index (χ3n) is 1.44. The summed E-state index contributed by atoms with van der Waals surface area (Å²) in [6.45, 7) is 3.65. The molecule has 0 amide bonds. The van der Waals surface area contributed by atoms with Crippen molar-refractivity contribution in [1.82, 2.24) is 0 Å². The average Bonchev–Trinajstić information content (AvgIpc) is 2.00. The zero-order valence-corrected chi connectivity index (χ0v) is 8.31. The highest BCUT2D eigenvalue weighted by Crippen LogP contribution is 2.19. The van der Waals surface area contributed by atoms with Crippen LogP contribution in [-0.2, 0) is 9.53 Å². The minimum Gasteiger partial charge on any atom is -0.501 e. The molecule has 0 saturated carbocycles. The van der Waals surface area contributed by atoms with Crippen LogP contribution in [-0.4, -0.2) is 19.1 Å². The predicted octanol–water partition coefficient (Wildman–Crippen LogP) is 2.69. The molecule has 2 nitrogen and oxygen atoms in total. The summed E-state index contributed by atoms with van der Waals surface area (Å²) in [6.07, 6.45) is -4.00. The van der Waals surface area contributed by atoms with Gasteiger partial charge in [-0.25, -0.2) is 0 Å². The molecule has 0 saturated heterocycles. The second-order valence-corrected chi connectivity index (χ2v) is 3.27. The molecule has 0 bridgehead atoms. The number of ketones is 1. The summed E-state index contributed by atoms with van der Waals surface area (Å²) < 4.78 is 40.2. The van der Waals surface area contributed by atoms with E-state index in [1.165, 1.54) is 7.11 Å². The zero-order valence-electron chi connectivity index (χ0n) is 8.31. The number of halogens is 3. The van der Waals surface area contributed by atoms with Crippen LogP contribution in [0.25, 0.3) is 0 Å². The Kier molecular flexibility index (Phi) is 4.67. The fourth-order valence-corrected chi connectivity index (χ4v) is 0.832. The van der Waals surface area contributed by atoms with E-state index in [2.05, 4.69) is 4.74 Å². The van der Waals surface area contributed by atoms with Crippen LogP contribution in [0.2, 0.25) is 0 Å². The summed E-state index contributed by atoms with van der Waals surface area (Å²) in [6, 6.07) is 0. The molecule has 0 fully saturated rings. The molecule has 0 aliphatic carbocycles. The number of carbonyl (C=O) groups is 1. The van der Waals surface area contributed by atoms with Crippen molar-refractivity contribution in [1.29, 1.82) is 0 Å². The van der Waals surface area contributed by atoms with Gasteiger partial charge < -0.3 is 4.74 Å². The SMILES string of the molecule is CO/C(=C/C(=O)C(F)(F)F)CC(C)C. The highest BCUT2D eigenvalue weighted by atomic mass is 19.4. The summed E-state index contributed by atoms with van der Waals surface area (Å²) in [4.78, 5) is 10.5. The number of alkyl halides is 3. The molecule has 0 spiro atoms. The molecule has 0 rings (SSSR count). The van der Waals surface area contributed by atoms with Gasteiger partial charge in [0.1, 0.15) is 0 Å². The van der Waals surface area contributed by atoms with E-state index in [1.807, 2.05) is 13.8 Å². The van der Waals surface area contributed by atoms with Crippen molar-refractivity contribution in [3.05, 3.63) is 11.8 Å². The van der Waals surface area contributed by atoms with E-state index >= 15 is 0 Å². The number of methoxy groups -OCH3 is 1. The first-order valence-electron chi connectivity index (χ1n) is 4.13. The Morgan fingerprint density at radius 3 is 2.21 bits per heavy atom. The molecule has 0 aromatic carbocycles. The molecule has 0 atom stereocenters. The zero-order chi connectivity index (χ0) is 11.4. The summed E-state index contributed by atoms with van der Waals surface area (Å²) >= 11 is 0. The van der Waals surface area contributed by atoms with Crippen LogP contribution < -0.4 is 0 Å². The Labute approximate surface area is 80.7 Å². The van der Waals surface area contributed by atoms with Crippen LogP contribution in [0, 0.1) is 5.92 Å². The van der Waals surface area contributed by atoms with E-state index in [0.717, 1.165) is 0 Å². The van der Waals surface area contributed by atoms with Crippen LogP contribution >= 0.6 is 0 Å². The Balaban J connectivity index is 4.52. The first kappa shape index (κ1) is 13.0. The Morgan fingerprint density at radius 2 is 1.93 bits per heavy atom. The molecule has 0 heterocycles. The number of allylic oxidation sites excluding steroid dienone is 2. The summed E-state index contributed by atoms with van der Waals surface area (Å²) in [5.74, 6) is -1.68. The predicted molar refractivity (Wildman–Crippen MR) is 45.6 cm³/mol. The number of ether oxygens (including phenoxy) is 1. The lowest BCUT2D eigenvalue weighted by molar-refractivity contribution is -0.165. The molecule has 14 heavy (non-hydrogen) atoms. The van der Waals surface area contributed by atoms with Gasteiger partial charge in [0.05, 0.1) is 12.9 Å². The lowest BCUT2D eigenvalue weighted by atomic mass is 10.1. The molecule has 0 unspecified atom stereocenters. The molecule has 0 aliphatic heterocycles.